The normalized spacial score (nSPS) is 11.0. The lowest BCUT2D eigenvalue weighted by Gasteiger charge is -2.12. The second-order valence-electron chi connectivity index (χ2n) is 9.65. The first-order valence-corrected chi connectivity index (χ1v) is 16.0. The molecule has 0 aliphatic carbocycles. The number of esters is 2. The van der Waals surface area contributed by atoms with E-state index in [-0.39, 0.29) is 24.5 Å². The van der Waals surface area contributed by atoms with Gasteiger partial charge < -0.3 is 19.5 Å². The van der Waals surface area contributed by atoms with E-state index in [1.807, 2.05) is 18.2 Å². The van der Waals surface area contributed by atoms with Crippen molar-refractivity contribution in [3.63, 3.8) is 0 Å². The molecule has 3 aromatic rings. The Morgan fingerprint density at radius 2 is 1.63 bits per heavy atom. The molecule has 218 valence electrons. The van der Waals surface area contributed by atoms with Crippen LogP contribution in [-0.4, -0.2) is 25.0 Å². The van der Waals surface area contributed by atoms with Crippen molar-refractivity contribution in [2.45, 2.75) is 58.9 Å². The van der Waals surface area contributed by atoms with Gasteiger partial charge in [0, 0.05) is 17.8 Å². The monoisotopic (exact) mass is 613 g/mol. The molecule has 1 heterocycles. The van der Waals surface area contributed by atoms with Crippen molar-refractivity contribution in [2.75, 3.05) is 7.11 Å². The number of unbranched alkanes of at least 4 members (excludes halogenated alkanes) is 2. The zero-order valence-electron chi connectivity index (χ0n) is 23.5. The van der Waals surface area contributed by atoms with Gasteiger partial charge in [-0.3, -0.25) is 14.4 Å². The van der Waals surface area contributed by atoms with Crippen molar-refractivity contribution in [1.29, 1.82) is 0 Å². The smallest absolute Gasteiger partial charge is 0.311 e. The molecule has 0 spiro atoms. The Morgan fingerprint density at radius 1 is 0.902 bits per heavy atom. The average Bonchev–Trinajstić information content (AvgIpc) is 3.39. The summed E-state index contributed by atoms with van der Waals surface area (Å²) in [6, 6.07) is 14.2. The predicted molar refractivity (Wildman–Crippen MR) is 166 cm³/mol. The maximum atomic E-state index is 12.4. The Labute approximate surface area is 253 Å². The van der Waals surface area contributed by atoms with Crippen LogP contribution in [0, 0.1) is 9.74 Å². The van der Waals surface area contributed by atoms with Gasteiger partial charge in [-0.15, -0.1) is 0 Å². The molecular formula is C31H35NO6S3. The molecule has 0 radical (unpaired) electrons. The minimum Gasteiger partial charge on any atom is -0.493 e. The number of amides is 1. The van der Waals surface area contributed by atoms with Gasteiger partial charge in [-0.05, 0) is 78.8 Å². The number of methoxy groups -OCH3 is 1. The van der Waals surface area contributed by atoms with Crippen molar-refractivity contribution in [2.24, 2.45) is 5.92 Å². The van der Waals surface area contributed by atoms with Gasteiger partial charge in [0.1, 0.15) is 9.57 Å². The van der Waals surface area contributed by atoms with Crippen molar-refractivity contribution in [3.8, 4) is 27.7 Å². The number of allylic oxidation sites excluding steroid dienone is 2. The molecule has 0 saturated heterocycles. The summed E-state index contributed by atoms with van der Waals surface area (Å²) in [6.07, 6.45) is 7.32. The zero-order valence-corrected chi connectivity index (χ0v) is 25.9. The lowest BCUT2D eigenvalue weighted by molar-refractivity contribution is -0.140. The van der Waals surface area contributed by atoms with Gasteiger partial charge in [0.15, 0.2) is 11.5 Å². The van der Waals surface area contributed by atoms with E-state index < -0.39 is 11.9 Å². The second kappa shape index (κ2) is 16.8. The molecule has 1 aromatic heterocycles. The minimum atomic E-state index is -0.585. The number of hydrogen-bond donors (Lipinski definition) is 1. The van der Waals surface area contributed by atoms with Gasteiger partial charge in [0.2, 0.25) is 5.91 Å². The lowest BCUT2D eigenvalue weighted by Crippen LogP contribution is -2.22. The molecule has 1 amide bonds. The van der Waals surface area contributed by atoms with E-state index in [1.54, 1.807) is 40.7 Å². The van der Waals surface area contributed by atoms with E-state index in [9.17, 15) is 14.4 Å². The van der Waals surface area contributed by atoms with Crippen LogP contribution in [0.2, 0.25) is 0 Å². The van der Waals surface area contributed by atoms with Crippen molar-refractivity contribution in [1.82, 2.24) is 5.32 Å². The van der Waals surface area contributed by atoms with Crippen LogP contribution in [0.25, 0.3) is 10.4 Å². The molecule has 41 heavy (non-hydrogen) atoms. The highest BCUT2D eigenvalue weighted by atomic mass is 32.9. The predicted octanol–water partition coefficient (Wildman–Crippen LogP) is 7.89. The standard InChI is InChI=1S/C31H35NO6S3/c1-21(2)8-6-4-5-7-9-28(33)32-20-22-10-15-25(26(18-22)36-3)38-30(35)17-16-29(34)37-24-13-11-23(12-14-24)27-19-31(39)41-40-27/h6,8,10-15,18-19,21H,4-5,7,9,16-17,20H2,1-3H3,(H,32,33)/b8-6+. The summed E-state index contributed by atoms with van der Waals surface area (Å²) in [6.45, 7) is 4.62. The van der Waals surface area contributed by atoms with E-state index >= 15 is 0 Å². The Kier molecular flexibility index (Phi) is 13.2. The summed E-state index contributed by atoms with van der Waals surface area (Å²) in [4.78, 5) is 37.9. The quantitative estimate of drug-likeness (QED) is 0.0465. The molecule has 0 atom stereocenters. The van der Waals surface area contributed by atoms with Gasteiger partial charge in [-0.25, -0.2) is 0 Å². The molecule has 1 N–H and O–H groups in total. The fourth-order valence-electron chi connectivity index (χ4n) is 3.73. The Morgan fingerprint density at radius 3 is 2.29 bits per heavy atom. The minimum absolute atomic E-state index is 0.0101. The van der Waals surface area contributed by atoms with Crippen LogP contribution in [0.15, 0.2) is 60.7 Å². The van der Waals surface area contributed by atoms with Crippen LogP contribution < -0.4 is 19.5 Å². The second-order valence-corrected chi connectivity index (χ2v) is 12.6. The molecule has 7 nitrogen and oxygen atoms in total. The number of rotatable bonds is 15. The molecule has 0 bridgehead atoms. The van der Waals surface area contributed by atoms with E-state index in [0.29, 0.717) is 30.4 Å². The molecule has 10 heteroatoms. The van der Waals surface area contributed by atoms with Gasteiger partial charge in [-0.1, -0.05) is 65.0 Å². The van der Waals surface area contributed by atoms with Gasteiger partial charge in [-0.2, -0.15) is 0 Å². The van der Waals surface area contributed by atoms with Crippen LogP contribution in [0.4, 0.5) is 0 Å². The summed E-state index contributed by atoms with van der Waals surface area (Å²) in [7, 11) is 4.61. The molecule has 0 saturated carbocycles. The van der Waals surface area contributed by atoms with Crippen LogP contribution in [0.1, 0.15) is 57.9 Å². The molecule has 2 aromatic carbocycles. The SMILES string of the molecule is COc1cc(CNC(=O)CCCC/C=C/C(C)C)ccc1OC(=O)CCC(=O)Oc1ccc(-c2cc(=S)ss2)cc1. The third-order valence-corrected chi connectivity index (χ3v) is 8.76. The van der Waals surface area contributed by atoms with E-state index in [0.717, 1.165) is 39.1 Å². The average molecular weight is 614 g/mol. The fraction of sp³-hybridized carbons (Fsp3) is 0.355. The van der Waals surface area contributed by atoms with Crippen molar-refractivity contribution in [3.05, 3.63) is 70.1 Å². The summed E-state index contributed by atoms with van der Waals surface area (Å²) < 4.78 is 17.0. The molecule has 0 unspecified atom stereocenters. The van der Waals surface area contributed by atoms with Crippen LogP contribution >= 0.6 is 32.9 Å². The fourth-order valence-corrected chi connectivity index (χ4v) is 6.13. The van der Waals surface area contributed by atoms with Crippen LogP contribution in [-0.2, 0) is 20.9 Å². The summed E-state index contributed by atoms with van der Waals surface area (Å²) in [5.41, 5.74) is 1.81. The third kappa shape index (κ3) is 11.6. The van der Waals surface area contributed by atoms with Crippen LogP contribution in [0.5, 0.6) is 17.2 Å². The van der Waals surface area contributed by atoms with Gasteiger partial charge in [0.05, 0.1) is 20.0 Å². The van der Waals surface area contributed by atoms with Crippen LogP contribution in [0.3, 0.4) is 0 Å². The molecule has 0 aliphatic heterocycles. The Balaban J connectivity index is 1.40. The molecule has 0 aliphatic rings. The lowest BCUT2D eigenvalue weighted by atomic mass is 10.1. The number of hydrogen-bond acceptors (Lipinski definition) is 9. The summed E-state index contributed by atoms with van der Waals surface area (Å²) in [5.74, 6) is 0.410. The summed E-state index contributed by atoms with van der Waals surface area (Å²) in [5, 5.41) is 2.91. The van der Waals surface area contributed by atoms with E-state index in [1.165, 1.54) is 17.5 Å². The van der Waals surface area contributed by atoms with Crippen molar-refractivity contribution < 1.29 is 28.6 Å². The number of nitrogens with one attached hydrogen (secondary N) is 1. The highest BCUT2D eigenvalue weighted by Crippen LogP contribution is 2.31. The zero-order chi connectivity index (χ0) is 29.6. The number of ether oxygens (including phenoxy) is 3. The first kappa shape index (κ1) is 32.2. The number of carbonyl (C=O) groups excluding carboxylic acids is 3. The largest absolute Gasteiger partial charge is 0.493 e. The summed E-state index contributed by atoms with van der Waals surface area (Å²) >= 11 is 5.17. The van der Waals surface area contributed by atoms with E-state index in [4.69, 9.17) is 26.4 Å². The first-order chi connectivity index (χ1) is 19.7. The Hall–Kier alpha value is -3.34. The highest BCUT2D eigenvalue weighted by molar-refractivity contribution is 7.80. The maximum Gasteiger partial charge on any atom is 0.311 e. The number of carbonyl (C=O) groups is 3. The third-order valence-electron chi connectivity index (χ3n) is 5.85. The molecular weight excluding hydrogens is 579 g/mol. The van der Waals surface area contributed by atoms with Crippen molar-refractivity contribution >= 4 is 50.7 Å². The molecule has 0 fully saturated rings. The maximum absolute atomic E-state index is 12.4. The van der Waals surface area contributed by atoms with Gasteiger partial charge >= 0.3 is 11.9 Å². The highest BCUT2D eigenvalue weighted by Gasteiger charge is 2.15. The Bertz CT molecular complexity index is 1390. The number of benzene rings is 2. The first-order valence-electron chi connectivity index (χ1n) is 13.5. The molecule has 3 rings (SSSR count). The topological polar surface area (TPSA) is 90.9 Å². The van der Waals surface area contributed by atoms with Gasteiger partial charge in [0.25, 0.3) is 0 Å². The van der Waals surface area contributed by atoms with E-state index in [2.05, 4.69) is 31.3 Å².